The van der Waals surface area contributed by atoms with E-state index in [4.69, 9.17) is 24.4 Å². The van der Waals surface area contributed by atoms with Crippen molar-refractivity contribution in [3.05, 3.63) is 194 Å². The van der Waals surface area contributed by atoms with E-state index in [0.717, 1.165) is 66.7 Å². The highest BCUT2D eigenvalue weighted by atomic mass is 32.1. The molecule has 0 aliphatic carbocycles. The van der Waals surface area contributed by atoms with Crippen LogP contribution in [0.4, 0.5) is 0 Å². The fraction of sp³-hybridized carbons (Fsp3) is 0. The number of benzene rings is 8. The number of rotatable bonds is 7. The minimum Gasteiger partial charge on any atom is -0.436 e. The van der Waals surface area contributed by atoms with Crippen LogP contribution >= 0.6 is 11.3 Å². The van der Waals surface area contributed by atoms with E-state index in [1.54, 1.807) is 11.3 Å². The van der Waals surface area contributed by atoms with Gasteiger partial charge in [-0.3, -0.25) is 0 Å². The van der Waals surface area contributed by atoms with Crippen LogP contribution in [0.5, 0.6) is 0 Å². The van der Waals surface area contributed by atoms with Gasteiger partial charge in [0.15, 0.2) is 23.1 Å². The van der Waals surface area contributed by atoms with Gasteiger partial charge in [-0.2, -0.15) is 0 Å². The molecule has 0 spiro atoms. The molecule has 3 aromatic heterocycles. The number of nitrogens with zero attached hydrogens (tertiary/aromatic N) is 4. The lowest BCUT2D eigenvalue weighted by atomic mass is 9.91. The molecule has 0 saturated carbocycles. The summed E-state index contributed by atoms with van der Waals surface area (Å²) in [6, 6.07) is 67.2. The average molecular weight is 761 g/mol. The fourth-order valence-electron chi connectivity index (χ4n) is 7.66. The predicted molar refractivity (Wildman–Crippen MR) is 238 cm³/mol. The molecule has 0 unspecified atom stereocenters. The molecule has 8 aromatic carbocycles. The Morgan fingerprint density at radius 1 is 0.328 bits per heavy atom. The normalized spacial score (nSPS) is 11.4. The van der Waals surface area contributed by atoms with Crippen LogP contribution < -0.4 is 0 Å². The maximum atomic E-state index is 6.19. The zero-order valence-electron chi connectivity index (χ0n) is 31.1. The Morgan fingerprint density at radius 2 is 0.862 bits per heavy atom. The molecule has 0 bridgehead atoms. The first-order valence-corrected chi connectivity index (χ1v) is 20.0. The van der Waals surface area contributed by atoms with Gasteiger partial charge < -0.3 is 4.42 Å². The maximum Gasteiger partial charge on any atom is 0.227 e. The monoisotopic (exact) mass is 760 g/mol. The number of thiophene rings is 1. The van der Waals surface area contributed by atoms with Gasteiger partial charge >= 0.3 is 0 Å². The summed E-state index contributed by atoms with van der Waals surface area (Å²) in [6.07, 6.45) is 0. The molecule has 272 valence electrons. The maximum absolute atomic E-state index is 6.19. The molecule has 0 aliphatic heterocycles. The smallest absolute Gasteiger partial charge is 0.227 e. The van der Waals surface area contributed by atoms with Gasteiger partial charge in [0.25, 0.3) is 0 Å². The van der Waals surface area contributed by atoms with Crippen LogP contribution in [0.25, 0.3) is 110 Å². The second-order valence-electron chi connectivity index (χ2n) is 14.3. The zero-order valence-corrected chi connectivity index (χ0v) is 31.9. The molecule has 0 atom stereocenters. The highest BCUT2D eigenvalue weighted by Gasteiger charge is 2.17. The first-order chi connectivity index (χ1) is 28.7. The Balaban J connectivity index is 0.992. The number of aromatic nitrogens is 4. The SMILES string of the molecule is c1ccc(-c2nc(-c3ccc(-c4ccc(-c5ccc6nc(-c7ccccc7)oc6c5)cc4)c(-c4ccccc4)c3)nc(-c3ccc4sc5ccccc5c4c3)n2)cc1. The van der Waals surface area contributed by atoms with Gasteiger partial charge in [-0.25, -0.2) is 19.9 Å². The topological polar surface area (TPSA) is 64.7 Å². The summed E-state index contributed by atoms with van der Waals surface area (Å²) in [4.78, 5) is 20.0. The second kappa shape index (κ2) is 14.2. The summed E-state index contributed by atoms with van der Waals surface area (Å²) in [5.74, 6) is 2.52. The van der Waals surface area contributed by atoms with E-state index < -0.39 is 0 Å². The van der Waals surface area contributed by atoms with Crippen molar-refractivity contribution in [2.75, 3.05) is 0 Å². The lowest BCUT2D eigenvalue weighted by Gasteiger charge is -2.14. The zero-order chi connectivity index (χ0) is 38.4. The number of hydrogen-bond donors (Lipinski definition) is 0. The van der Waals surface area contributed by atoms with Crippen molar-refractivity contribution in [1.82, 2.24) is 19.9 Å². The van der Waals surface area contributed by atoms with Gasteiger partial charge in [-0.1, -0.05) is 140 Å². The van der Waals surface area contributed by atoms with Crippen LogP contribution in [-0.4, -0.2) is 19.9 Å². The molecule has 6 heteroatoms. The molecule has 0 amide bonds. The van der Waals surface area contributed by atoms with E-state index in [2.05, 4.69) is 121 Å². The summed E-state index contributed by atoms with van der Waals surface area (Å²) in [7, 11) is 0. The molecule has 3 heterocycles. The van der Waals surface area contributed by atoms with E-state index in [1.165, 1.54) is 20.2 Å². The van der Waals surface area contributed by atoms with E-state index in [1.807, 2.05) is 72.8 Å². The highest BCUT2D eigenvalue weighted by molar-refractivity contribution is 7.25. The van der Waals surface area contributed by atoms with Crippen molar-refractivity contribution in [2.24, 2.45) is 0 Å². The fourth-order valence-corrected chi connectivity index (χ4v) is 8.74. The number of oxazole rings is 1. The summed E-state index contributed by atoms with van der Waals surface area (Å²) >= 11 is 1.81. The van der Waals surface area contributed by atoms with Crippen molar-refractivity contribution in [1.29, 1.82) is 0 Å². The molecule has 0 saturated heterocycles. The standard InChI is InChI=1S/C52H32N4OS/c1-4-12-34(13-5-1)43-30-39(24-27-41(43)35-22-20-33(21-23-35)38-25-28-45-46(32-38)57-52(53-45)37-16-8-3-9-17-37)50-54-49(36-14-6-2-7-15-36)55-51(56-50)40-26-29-48-44(31-40)42-18-10-11-19-47(42)58-48/h1-32H. The van der Waals surface area contributed by atoms with E-state index >= 15 is 0 Å². The van der Waals surface area contributed by atoms with Crippen LogP contribution in [-0.2, 0) is 0 Å². The third kappa shape index (κ3) is 6.22. The van der Waals surface area contributed by atoms with E-state index in [-0.39, 0.29) is 0 Å². The molecular weight excluding hydrogens is 729 g/mol. The first-order valence-electron chi connectivity index (χ1n) is 19.2. The van der Waals surface area contributed by atoms with Gasteiger partial charge in [0.05, 0.1) is 0 Å². The molecule has 0 aliphatic rings. The quantitative estimate of drug-likeness (QED) is 0.162. The Hall–Kier alpha value is -7.54. The van der Waals surface area contributed by atoms with Crippen molar-refractivity contribution >= 4 is 42.6 Å². The largest absolute Gasteiger partial charge is 0.436 e. The van der Waals surface area contributed by atoms with Crippen LogP contribution in [0.3, 0.4) is 0 Å². The van der Waals surface area contributed by atoms with Gasteiger partial charge in [0.2, 0.25) is 5.89 Å². The van der Waals surface area contributed by atoms with Crippen LogP contribution in [0, 0.1) is 0 Å². The minimum absolute atomic E-state index is 0.622. The molecule has 11 rings (SSSR count). The molecule has 0 radical (unpaired) electrons. The van der Waals surface area contributed by atoms with Crippen molar-refractivity contribution < 1.29 is 4.42 Å². The predicted octanol–water partition coefficient (Wildman–Crippen LogP) is 14.0. The second-order valence-corrected chi connectivity index (χ2v) is 15.3. The van der Waals surface area contributed by atoms with Crippen LogP contribution in [0.1, 0.15) is 0 Å². The van der Waals surface area contributed by atoms with E-state index in [0.29, 0.717) is 23.4 Å². The highest BCUT2D eigenvalue weighted by Crippen LogP contribution is 2.39. The van der Waals surface area contributed by atoms with Crippen molar-refractivity contribution in [3.63, 3.8) is 0 Å². The lowest BCUT2D eigenvalue weighted by Crippen LogP contribution is -2.00. The summed E-state index contributed by atoms with van der Waals surface area (Å²) in [6.45, 7) is 0. The van der Waals surface area contributed by atoms with Crippen molar-refractivity contribution in [2.45, 2.75) is 0 Å². The molecule has 5 nitrogen and oxygen atoms in total. The van der Waals surface area contributed by atoms with Gasteiger partial charge in [0, 0.05) is 42.4 Å². The first kappa shape index (κ1) is 33.8. The van der Waals surface area contributed by atoms with Crippen LogP contribution in [0.2, 0.25) is 0 Å². The Bertz CT molecular complexity index is 3270. The Kier molecular flexibility index (Phi) is 8.26. The molecular formula is C52H32N4OS. The molecule has 11 aromatic rings. The van der Waals surface area contributed by atoms with Gasteiger partial charge in [-0.15, -0.1) is 11.3 Å². The summed E-state index contributed by atoms with van der Waals surface area (Å²) in [5, 5.41) is 2.45. The summed E-state index contributed by atoms with van der Waals surface area (Å²) in [5.41, 5.74) is 12.0. The minimum atomic E-state index is 0.622. The third-order valence-corrected chi connectivity index (χ3v) is 11.8. The number of hydrogen-bond acceptors (Lipinski definition) is 6. The average Bonchev–Trinajstić information content (AvgIpc) is 3.91. The van der Waals surface area contributed by atoms with Gasteiger partial charge in [-0.05, 0) is 88.0 Å². The summed E-state index contributed by atoms with van der Waals surface area (Å²) < 4.78 is 8.70. The Labute approximate surface area is 338 Å². The van der Waals surface area contributed by atoms with E-state index in [9.17, 15) is 0 Å². The lowest BCUT2D eigenvalue weighted by molar-refractivity contribution is 0.620. The third-order valence-electron chi connectivity index (χ3n) is 10.6. The van der Waals surface area contributed by atoms with Crippen molar-refractivity contribution in [3.8, 4) is 79.0 Å². The number of fused-ring (bicyclic) bond motifs is 4. The Morgan fingerprint density at radius 3 is 1.60 bits per heavy atom. The van der Waals surface area contributed by atoms with Gasteiger partial charge in [0.1, 0.15) is 5.52 Å². The molecule has 0 N–H and O–H groups in total. The molecule has 58 heavy (non-hydrogen) atoms. The van der Waals surface area contributed by atoms with Crippen LogP contribution in [0.15, 0.2) is 199 Å². The molecule has 0 fully saturated rings.